The topological polar surface area (TPSA) is 91.4 Å². The standard InChI is InChI=1S/C23H26F3NO7S/c1-31-15-22(28)27(14-18-6-4-10-33-18)13-16-8-9-20(32-2)21(11-16)34-35(29,30)19-7-3-5-17(12-19)23(24,25)26/h3,5,7-9,11-12,18H,4,6,10,13-15H2,1-2H3/t18-/m1/s1. The number of hydrogen-bond donors (Lipinski definition) is 0. The normalized spacial score (nSPS) is 16.2. The van der Waals surface area contributed by atoms with E-state index in [2.05, 4.69) is 0 Å². The van der Waals surface area contributed by atoms with Crippen molar-refractivity contribution in [2.75, 3.05) is 34.0 Å². The maximum Gasteiger partial charge on any atom is 0.416 e. The van der Waals surface area contributed by atoms with E-state index in [1.807, 2.05) is 0 Å². The smallest absolute Gasteiger partial charge is 0.416 e. The SMILES string of the molecule is COCC(=O)N(Cc1ccc(OC)c(OS(=O)(=O)c2cccc(C(F)(F)F)c2)c1)C[C@H]1CCCO1. The molecule has 1 saturated heterocycles. The molecule has 192 valence electrons. The van der Waals surface area contributed by atoms with Gasteiger partial charge in [-0.15, -0.1) is 0 Å². The average molecular weight is 518 g/mol. The molecule has 0 N–H and O–H groups in total. The summed E-state index contributed by atoms with van der Waals surface area (Å²) in [7, 11) is -1.92. The van der Waals surface area contributed by atoms with Crippen LogP contribution in [0.1, 0.15) is 24.0 Å². The molecule has 12 heteroatoms. The first-order chi connectivity index (χ1) is 16.5. The molecule has 1 amide bonds. The Balaban J connectivity index is 1.86. The van der Waals surface area contributed by atoms with Gasteiger partial charge in [-0.1, -0.05) is 12.1 Å². The van der Waals surface area contributed by atoms with Crippen LogP contribution in [0, 0.1) is 0 Å². The Labute approximate surface area is 201 Å². The molecule has 35 heavy (non-hydrogen) atoms. The van der Waals surface area contributed by atoms with Crippen molar-refractivity contribution < 1.29 is 44.8 Å². The molecule has 2 aromatic carbocycles. The van der Waals surface area contributed by atoms with Gasteiger partial charge < -0.3 is 23.3 Å². The Hall–Kier alpha value is -2.83. The first-order valence-electron chi connectivity index (χ1n) is 10.7. The Morgan fingerprint density at radius 1 is 1.14 bits per heavy atom. The number of carbonyl (C=O) groups excluding carboxylic acids is 1. The Morgan fingerprint density at radius 3 is 2.54 bits per heavy atom. The van der Waals surface area contributed by atoms with Crippen molar-refractivity contribution in [3.05, 3.63) is 53.6 Å². The van der Waals surface area contributed by atoms with E-state index in [0.29, 0.717) is 24.8 Å². The number of methoxy groups -OCH3 is 2. The van der Waals surface area contributed by atoms with Crippen molar-refractivity contribution in [3.63, 3.8) is 0 Å². The highest BCUT2D eigenvalue weighted by Crippen LogP contribution is 2.34. The first-order valence-corrected chi connectivity index (χ1v) is 12.1. The second-order valence-corrected chi connectivity index (χ2v) is 9.44. The molecule has 0 aliphatic carbocycles. The third-order valence-electron chi connectivity index (χ3n) is 5.32. The van der Waals surface area contributed by atoms with Crippen molar-refractivity contribution >= 4 is 16.0 Å². The summed E-state index contributed by atoms with van der Waals surface area (Å²) in [5.74, 6) is -0.449. The second kappa shape index (κ2) is 11.3. The number of nitrogens with zero attached hydrogens (tertiary/aromatic N) is 1. The largest absolute Gasteiger partial charge is 0.493 e. The monoisotopic (exact) mass is 517 g/mol. The summed E-state index contributed by atoms with van der Waals surface area (Å²) in [6.45, 7) is 0.903. The number of hydrogen-bond acceptors (Lipinski definition) is 7. The molecule has 0 saturated carbocycles. The predicted molar refractivity (Wildman–Crippen MR) is 119 cm³/mol. The van der Waals surface area contributed by atoms with Crippen LogP contribution >= 0.6 is 0 Å². The highest BCUT2D eigenvalue weighted by atomic mass is 32.2. The minimum absolute atomic E-state index is 0.0539. The fraction of sp³-hybridized carbons (Fsp3) is 0.435. The van der Waals surface area contributed by atoms with Crippen LogP contribution in [0.15, 0.2) is 47.4 Å². The summed E-state index contributed by atoms with van der Waals surface area (Å²) in [5, 5.41) is 0. The zero-order valence-electron chi connectivity index (χ0n) is 19.2. The van der Waals surface area contributed by atoms with Crippen LogP contribution in [-0.4, -0.2) is 59.3 Å². The molecular weight excluding hydrogens is 491 g/mol. The van der Waals surface area contributed by atoms with Gasteiger partial charge in [-0.2, -0.15) is 21.6 Å². The molecule has 0 spiro atoms. The summed E-state index contributed by atoms with van der Waals surface area (Å²) in [4.78, 5) is 13.4. The molecule has 1 fully saturated rings. The van der Waals surface area contributed by atoms with Gasteiger partial charge >= 0.3 is 16.3 Å². The number of benzene rings is 2. The van der Waals surface area contributed by atoms with Crippen molar-refractivity contribution in [2.24, 2.45) is 0 Å². The number of carbonyl (C=O) groups is 1. The molecule has 1 aliphatic heterocycles. The van der Waals surface area contributed by atoms with E-state index in [1.165, 1.54) is 31.3 Å². The van der Waals surface area contributed by atoms with Crippen molar-refractivity contribution in [1.82, 2.24) is 4.90 Å². The Morgan fingerprint density at radius 2 is 1.91 bits per heavy atom. The summed E-state index contributed by atoms with van der Waals surface area (Å²) < 4.78 is 85.6. The quantitative estimate of drug-likeness (QED) is 0.445. The maximum absolute atomic E-state index is 13.0. The molecule has 0 unspecified atom stereocenters. The van der Waals surface area contributed by atoms with Crippen LogP contribution in [-0.2, 0) is 37.1 Å². The summed E-state index contributed by atoms with van der Waals surface area (Å²) in [6, 6.07) is 7.71. The number of amides is 1. The molecule has 1 atom stereocenters. The van der Waals surface area contributed by atoms with E-state index in [4.69, 9.17) is 18.4 Å². The second-order valence-electron chi connectivity index (χ2n) is 7.89. The van der Waals surface area contributed by atoms with Gasteiger partial charge in [-0.3, -0.25) is 4.79 Å². The van der Waals surface area contributed by atoms with E-state index in [0.717, 1.165) is 31.0 Å². The van der Waals surface area contributed by atoms with Gasteiger partial charge in [-0.05, 0) is 48.7 Å². The fourth-order valence-electron chi connectivity index (χ4n) is 3.60. The van der Waals surface area contributed by atoms with E-state index < -0.39 is 26.8 Å². The van der Waals surface area contributed by atoms with Gasteiger partial charge in [0.1, 0.15) is 11.5 Å². The van der Waals surface area contributed by atoms with Crippen LogP contribution in [0.3, 0.4) is 0 Å². The molecule has 1 heterocycles. The zero-order valence-corrected chi connectivity index (χ0v) is 20.0. The lowest BCUT2D eigenvalue weighted by atomic mass is 10.1. The number of rotatable bonds is 10. The predicted octanol–water partition coefficient (Wildman–Crippen LogP) is 3.64. The fourth-order valence-corrected chi connectivity index (χ4v) is 4.58. The van der Waals surface area contributed by atoms with Crippen LogP contribution in [0.2, 0.25) is 0 Å². The van der Waals surface area contributed by atoms with Gasteiger partial charge in [0.05, 0.1) is 18.8 Å². The molecule has 0 radical (unpaired) electrons. The first kappa shape index (κ1) is 26.8. The zero-order chi connectivity index (χ0) is 25.6. The summed E-state index contributed by atoms with van der Waals surface area (Å²) in [6.07, 6.45) is -3.14. The molecular formula is C23H26F3NO7S. The third kappa shape index (κ3) is 7.09. The van der Waals surface area contributed by atoms with Crippen LogP contribution in [0.5, 0.6) is 11.5 Å². The third-order valence-corrected chi connectivity index (χ3v) is 6.55. The number of halogens is 3. The van der Waals surface area contributed by atoms with Gasteiger partial charge in [0.25, 0.3) is 0 Å². The lowest BCUT2D eigenvalue weighted by Crippen LogP contribution is -2.38. The van der Waals surface area contributed by atoms with Gasteiger partial charge in [0.15, 0.2) is 11.5 Å². The maximum atomic E-state index is 13.0. The Bertz CT molecular complexity index is 1130. The Kier molecular flexibility index (Phi) is 8.62. The number of alkyl halides is 3. The lowest BCUT2D eigenvalue weighted by Gasteiger charge is -2.25. The number of ether oxygens (including phenoxy) is 3. The molecule has 3 rings (SSSR count). The van der Waals surface area contributed by atoms with E-state index in [9.17, 15) is 26.4 Å². The molecule has 2 aromatic rings. The van der Waals surface area contributed by atoms with Crippen LogP contribution in [0.25, 0.3) is 0 Å². The van der Waals surface area contributed by atoms with E-state index >= 15 is 0 Å². The van der Waals surface area contributed by atoms with Gasteiger partial charge in [0, 0.05) is 26.8 Å². The molecule has 0 aromatic heterocycles. The summed E-state index contributed by atoms with van der Waals surface area (Å²) >= 11 is 0. The highest BCUT2D eigenvalue weighted by molar-refractivity contribution is 7.87. The highest BCUT2D eigenvalue weighted by Gasteiger charge is 2.32. The van der Waals surface area contributed by atoms with Crippen molar-refractivity contribution in [2.45, 2.75) is 36.6 Å². The minimum atomic E-state index is -4.72. The van der Waals surface area contributed by atoms with Crippen LogP contribution < -0.4 is 8.92 Å². The van der Waals surface area contributed by atoms with E-state index in [1.54, 1.807) is 6.07 Å². The van der Waals surface area contributed by atoms with Gasteiger partial charge in [-0.25, -0.2) is 0 Å². The van der Waals surface area contributed by atoms with Crippen molar-refractivity contribution in [1.29, 1.82) is 0 Å². The van der Waals surface area contributed by atoms with Crippen LogP contribution in [0.4, 0.5) is 13.2 Å². The van der Waals surface area contributed by atoms with Gasteiger partial charge in [0.2, 0.25) is 5.91 Å². The minimum Gasteiger partial charge on any atom is -0.493 e. The molecule has 1 aliphatic rings. The lowest BCUT2D eigenvalue weighted by molar-refractivity contribution is -0.138. The van der Waals surface area contributed by atoms with Crippen molar-refractivity contribution in [3.8, 4) is 11.5 Å². The average Bonchev–Trinajstić information content (AvgIpc) is 3.31. The molecule has 8 nitrogen and oxygen atoms in total. The van der Waals surface area contributed by atoms with E-state index in [-0.39, 0.29) is 36.7 Å². The molecule has 0 bridgehead atoms. The summed E-state index contributed by atoms with van der Waals surface area (Å²) in [5.41, 5.74) is -0.605.